The number of aromatic nitrogens is 5. The summed E-state index contributed by atoms with van der Waals surface area (Å²) < 4.78 is 12.1. The van der Waals surface area contributed by atoms with Crippen LogP contribution < -0.4 is 20.1 Å². The summed E-state index contributed by atoms with van der Waals surface area (Å²) in [5.41, 5.74) is 8.56. The molecule has 0 bridgehead atoms. The Morgan fingerprint density at radius 2 is 1.00 bits per heavy atom. The van der Waals surface area contributed by atoms with Gasteiger partial charge in [0.2, 0.25) is 0 Å². The van der Waals surface area contributed by atoms with Gasteiger partial charge in [0.05, 0.1) is 33.5 Å². The van der Waals surface area contributed by atoms with E-state index in [1.54, 1.807) is 0 Å². The van der Waals surface area contributed by atoms with E-state index in [4.69, 9.17) is 35.2 Å². The highest BCUT2D eigenvalue weighted by Crippen LogP contribution is 2.26. The Bertz CT molecular complexity index is 2190. The molecule has 0 saturated carbocycles. The van der Waals surface area contributed by atoms with Gasteiger partial charge in [-0.15, -0.1) is 0 Å². The average Bonchev–Trinajstić information content (AvgIpc) is 3.77. The Morgan fingerprint density at radius 3 is 1.40 bits per heavy atom. The van der Waals surface area contributed by atoms with Crippen molar-refractivity contribution >= 4 is 33.7 Å². The Hall–Kier alpha value is -6.49. The molecule has 0 aliphatic heterocycles. The Labute approximate surface area is 301 Å². The van der Waals surface area contributed by atoms with E-state index in [9.17, 15) is 0 Å². The topological polar surface area (TPSA) is 160 Å². The summed E-state index contributed by atoms with van der Waals surface area (Å²) in [4.78, 5) is 21.0. The van der Waals surface area contributed by atoms with Crippen molar-refractivity contribution in [2.75, 3.05) is 0 Å². The van der Waals surface area contributed by atoms with Crippen LogP contribution in [0, 0.1) is 10.8 Å². The number of rotatable bonds is 12. The number of benzene rings is 4. The molecular formula is C41H41N9O2. The minimum absolute atomic E-state index is 0.188. The molecule has 0 unspecified atom stereocenters. The van der Waals surface area contributed by atoms with E-state index in [1.807, 2.05) is 131 Å². The van der Waals surface area contributed by atoms with Gasteiger partial charge in [-0.05, 0) is 125 Å². The molecule has 3 aromatic heterocycles. The lowest BCUT2D eigenvalue weighted by atomic mass is 10.1. The summed E-state index contributed by atoms with van der Waals surface area (Å²) in [5.74, 6) is 3.75. The minimum atomic E-state index is 0.188. The van der Waals surface area contributed by atoms with Crippen molar-refractivity contribution in [2.45, 2.75) is 53.0 Å². The summed E-state index contributed by atoms with van der Waals surface area (Å²) in [7, 11) is 0. The molecule has 6 N–H and O–H groups in total. The van der Waals surface area contributed by atoms with E-state index >= 15 is 0 Å². The maximum absolute atomic E-state index is 8.29. The van der Waals surface area contributed by atoms with Gasteiger partial charge in [-0.25, -0.2) is 9.97 Å². The van der Waals surface area contributed by atoms with E-state index in [0.717, 1.165) is 78.9 Å². The molecular weight excluding hydrogens is 651 g/mol. The third kappa shape index (κ3) is 7.94. The lowest BCUT2D eigenvalue weighted by Gasteiger charge is -2.10. The molecule has 0 radical (unpaired) electrons. The van der Waals surface area contributed by atoms with Gasteiger partial charge in [-0.3, -0.25) is 15.8 Å². The molecule has 7 aromatic rings. The second-order valence-corrected chi connectivity index (χ2v) is 13.2. The van der Waals surface area contributed by atoms with Crippen molar-refractivity contribution in [1.82, 2.24) is 35.6 Å². The van der Waals surface area contributed by atoms with Gasteiger partial charge in [-0.1, -0.05) is 6.07 Å². The molecule has 0 amide bonds. The van der Waals surface area contributed by atoms with Crippen molar-refractivity contribution in [1.29, 1.82) is 10.8 Å². The van der Waals surface area contributed by atoms with Crippen LogP contribution in [0.4, 0.5) is 0 Å². The Kier molecular flexibility index (Phi) is 9.66. The highest BCUT2D eigenvalue weighted by molar-refractivity contribution is 6.00. The normalized spacial score (nSPS) is 11.3. The molecule has 0 fully saturated rings. The number of nitrogens with one attached hydrogen (secondary N) is 6. The van der Waals surface area contributed by atoms with E-state index in [0.29, 0.717) is 24.9 Å². The molecule has 52 heavy (non-hydrogen) atoms. The van der Waals surface area contributed by atoms with Crippen LogP contribution in [0.15, 0.2) is 103 Å². The van der Waals surface area contributed by atoms with E-state index in [1.165, 1.54) is 0 Å². The quantitative estimate of drug-likeness (QED) is 0.0560. The third-order valence-corrected chi connectivity index (χ3v) is 8.30. The first-order chi connectivity index (χ1) is 25.2. The van der Waals surface area contributed by atoms with Crippen LogP contribution in [0.3, 0.4) is 0 Å². The van der Waals surface area contributed by atoms with Gasteiger partial charge in [-0.2, -0.15) is 0 Å². The average molecular weight is 692 g/mol. The van der Waals surface area contributed by atoms with Crippen LogP contribution in [0.1, 0.15) is 50.2 Å². The second-order valence-electron chi connectivity index (χ2n) is 13.2. The highest BCUT2D eigenvalue weighted by Gasteiger charge is 2.12. The number of fused-ring (bicyclic) bond motifs is 2. The highest BCUT2D eigenvalue weighted by atomic mass is 16.5. The lowest BCUT2D eigenvalue weighted by Crippen LogP contribution is -2.30. The fourth-order valence-electron chi connectivity index (χ4n) is 5.77. The Balaban J connectivity index is 0.928. The second kappa shape index (κ2) is 14.8. The number of ether oxygens (including phenoxy) is 2. The number of nitrogens with zero attached hydrogens (tertiary/aromatic N) is 3. The first kappa shape index (κ1) is 34.0. The first-order valence-corrected chi connectivity index (χ1v) is 17.3. The zero-order valence-electron chi connectivity index (χ0n) is 29.5. The van der Waals surface area contributed by atoms with Crippen molar-refractivity contribution in [3.05, 3.63) is 126 Å². The number of amidine groups is 2. The van der Waals surface area contributed by atoms with Crippen molar-refractivity contribution in [2.24, 2.45) is 0 Å². The van der Waals surface area contributed by atoms with Crippen LogP contribution in [0.5, 0.6) is 11.5 Å². The molecule has 0 aliphatic rings. The van der Waals surface area contributed by atoms with Crippen molar-refractivity contribution < 1.29 is 9.47 Å². The molecule has 0 aliphatic carbocycles. The standard InChI is InChI=1S/C41H41N9O2/c1-24(2)44-38(42)28-12-18-34-36(20-28)49-40(47-34)26-8-14-32(15-9-26)51-22-30-6-5-7-31(46-30)23-52-33-16-10-27(11-17-33)41-48-35-19-13-29(21-37(35)50-41)39(43)45-25(3)4/h5-21,24-25H,22-23H2,1-4H3,(H2,42,44)(H2,43,45)(H,47,49)(H,48,50). The summed E-state index contributed by atoms with van der Waals surface area (Å²) in [6.07, 6.45) is 0. The summed E-state index contributed by atoms with van der Waals surface area (Å²) in [5, 5.41) is 22.9. The van der Waals surface area contributed by atoms with E-state index < -0.39 is 0 Å². The largest absolute Gasteiger partial charge is 0.487 e. The fraction of sp³-hybridized carbons (Fsp3) is 0.195. The molecule has 3 heterocycles. The van der Waals surface area contributed by atoms with Gasteiger partial charge < -0.3 is 30.1 Å². The summed E-state index contributed by atoms with van der Waals surface area (Å²) >= 11 is 0. The van der Waals surface area contributed by atoms with E-state index in [2.05, 4.69) is 20.6 Å². The van der Waals surface area contributed by atoms with Crippen molar-refractivity contribution in [3.63, 3.8) is 0 Å². The molecule has 262 valence electrons. The lowest BCUT2D eigenvalue weighted by molar-refractivity contribution is 0.290. The van der Waals surface area contributed by atoms with Crippen LogP contribution in [-0.4, -0.2) is 48.7 Å². The molecule has 0 atom stereocenters. The zero-order valence-corrected chi connectivity index (χ0v) is 29.5. The molecule has 0 spiro atoms. The number of aromatic amines is 2. The number of H-pyrrole nitrogens is 2. The molecule has 0 saturated heterocycles. The Morgan fingerprint density at radius 1 is 0.577 bits per heavy atom. The molecule has 4 aromatic carbocycles. The molecule has 7 rings (SSSR count). The fourth-order valence-corrected chi connectivity index (χ4v) is 5.77. The zero-order chi connectivity index (χ0) is 36.2. The predicted molar refractivity (Wildman–Crippen MR) is 206 cm³/mol. The summed E-state index contributed by atoms with van der Waals surface area (Å²) in [6, 6.07) is 33.4. The van der Waals surface area contributed by atoms with Crippen molar-refractivity contribution in [3.8, 4) is 34.3 Å². The van der Waals surface area contributed by atoms with Gasteiger partial charge in [0.25, 0.3) is 0 Å². The number of imidazole rings is 2. The van der Waals surface area contributed by atoms with E-state index in [-0.39, 0.29) is 12.1 Å². The smallest absolute Gasteiger partial charge is 0.138 e. The predicted octanol–water partition coefficient (Wildman–Crippen LogP) is 7.97. The van der Waals surface area contributed by atoms with Gasteiger partial charge in [0.15, 0.2) is 0 Å². The third-order valence-electron chi connectivity index (χ3n) is 8.30. The molecule has 11 nitrogen and oxygen atoms in total. The number of pyridine rings is 1. The monoisotopic (exact) mass is 691 g/mol. The van der Waals surface area contributed by atoms with Crippen LogP contribution in [0.2, 0.25) is 0 Å². The van der Waals surface area contributed by atoms with Crippen LogP contribution in [0.25, 0.3) is 44.8 Å². The van der Waals surface area contributed by atoms with Crippen LogP contribution in [-0.2, 0) is 13.2 Å². The number of hydrogen-bond donors (Lipinski definition) is 6. The SMILES string of the molecule is CC(C)NC(=N)c1ccc2nc(-c3ccc(OCc4cccc(COc5ccc(-c6nc7ccc(C(=N)NC(C)C)cc7[nH]6)cc5)n4)cc3)[nH]c2c1. The minimum Gasteiger partial charge on any atom is -0.487 e. The number of hydrogen-bond acceptors (Lipinski definition) is 7. The van der Waals surface area contributed by atoms with Crippen LogP contribution >= 0.6 is 0 Å². The molecule has 11 heteroatoms. The maximum atomic E-state index is 8.29. The van der Waals surface area contributed by atoms with Gasteiger partial charge in [0, 0.05) is 34.3 Å². The first-order valence-electron chi connectivity index (χ1n) is 17.3. The van der Waals surface area contributed by atoms with Gasteiger partial charge in [0.1, 0.15) is 48.0 Å². The summed E-state index contributed by atoms with van der Waals surface area (Å²) in [6.45, 7) is 8.70. The maximum Gasteiger partial charge on any atom is 0.138 e. The van der Waals surface area contributed by atoms with Gasteiger partial charge >= 0.3 is 0 Å².